The number of allylic oxidation sites excluding steroid dienone is 1. The lowest BCUT2D eigenvalue weighted by atomic mass is 9.85. The fourth-order valence-electron chi connectivity index (χ4n) is 3.04. The third-order valence-electron chi connectivity index (χ3n) is 3.98. The van der Waals surface area contributed by atoms with E-state index in [1.165, 1.54) is 18.3 Å². The van der Waals surface area contributed by atoms with E-state index in [9.17, 15) is 9.90 Å². The molecule has 90 valence electrons. The number of aliphatic hydroxyl groups is 1. The first-order valence-corrected chi connectivity index (χ1v) is 5.92. The lowest BCUT2D eigenvalue weighted by molar-refractivity contribution is -0.145. The molecule has 1 unspecified atom stereocenters. The van der Waals surface area contributed by atoms with E-state index in [1.807, 2.05) is 0 Å². The maximum Gasteiger partial charge on any atom is 0.308 e. The van der Waals surface area contributed by atoms with Gasteiger partial charge in [-0.25, -0.2) is 0 Å². The first-order valence-electron chi connectivity index (χ1n) is 5.92. The van der Waals surface area contributed by atoms with Gasteiger partial charge in [0.2, 0.25) is 0 Å². The Morgan fingerprint density at radius 1 is 1.50 bits per heavy atom. The molecular weight excluding hydrogens is 204 g/mol. The van der Waals surface area contributed by atoms with Crippen molar-refractivity contribution in [2.75, 3.05) is 7.11 Å². The van der Waals surface area contributed by atoms with Gasteiger partial charge >= 0.3 is 5.97 Å². The van der Waals surface area contributed by atoms with E-state index in [0.29, 0.717) is 0 Å². The minimum Gasteiger partial charge on any atom is -0.469 e. The largest absolute Gasteiger partial charge is 0.469 e. The van der Waals surface area contributed by atoms with E-state index < -0.39 is 0 Å². The minimum atomic E-state index is -0.318. The molecule has 3 heteroatoms. The Balaban J connectivity index is 2.14. The van der Waals surface area contributed by atoms with Crippen LogP contribution in [-0.2, 0) is 9.53 Å². The maximum atomic E-state index is 11.5. The lowest BCUT2D eigenvalue weighted by Gasteiger charge is -2.25. The van der Waals surface area contributed by atoms with Crippen molar-refractivity contribution >= 4 is 5.97 Å². The molecule has 3 nitrogen and oxygen atoms in total. The van der Waals surface area contributed by atoms with E-state index in [-0.39, 0.29) is 23.4 Å². The summed E-state index contributed by atoms with van der Waals surface area (Å²) < 4.78 is 4.79. The molecule has 2 aliphatic carbocycles. The van der Waals surface area contributed by atoms with E-state index in [1.54, 1.807) is 0 Å². The molecule has 2 rings (SSSR count). The summed E-state index contributed by atoms with van der Waals surface area (Å²) in [4.78, 5) is 11.5. The van der Waals surface area contributed by atoms with Crippen molar-refractivity contribution in [1.82, 2.24) is 0 Å². The van der Waals surface area contributed by atoms with Gasteiger partial charge in [-0.1, -0.05) is 19.4 Å². The van der Waals surface area contributed by atoms with Crippen LogP contribution in [0.15, 0.2) is 11.1 Å². The number of rotatable bonds is 1. The lowest BCUT2D eigenvalue weighted by Crippen LogP contribution is -2.26. The molecule has 16 heavy (non-hydrogen) atoms. The predicted octanol–water partition coefficient (Wildman–Crippen LogP) is 2.05. The van der Waals surface area contributed by atoms with Crippen molar-refractivity contribution < 1.29 is 14.6 Å². The Hall–Kier alpha value is -0.830. The van der Waals surface area contributed by atoms with E-state index in [2.05, 4.69) is 13.8 Å². The van der Waals surface area contributed by atoms with E-state index in [0.717, 1.165) is 25.7 Å². The first kappa shape index (κ1) is 11.6. The molecule has 0 aromatic heterocycles. The van der Waals surface area contributed by atoms with Gasteiger partial charge in [-0.2, -0.15) is 0 Å². The van der Waals surface area contributed by atoms with Gasteiger partial charge in [0.25, 0.3) is 0 Å². The van der Waals surface area contributed by atoms with Crippen LogP contribution in [0.1, 0.15) is 39.5 Å². The molecule has 0 aromatic rings. The van der Waals surface area contributed by atoms with Gasteiger partial charge in [0.05, 0.1) is 19.1 Å². The number of carbonyl (C=O) groups excluding carboxylic acids is 1. The summed E-state index contributed by atoms with van der Waals surface area (Å²) in [5, 5.41) is 10.2. The van der Waals surface area contributed by atoms with Crippen LogP contribution in [-0.4, -0.2) is 24.3 Å². The molecule has 0 saturated carbocycles. The van der Waals surface area contributed by atoms with Gasteiger partial charge in [-0.05, 0) is 36.7 Å². The molecule has 0 heterocycles. The van der Waals surface area contributed by atoms with Crippen LogP contribution in [0.2, 0.25) is 0 Å². The van der Waals surface area contributed by atoms with Crippen LogP contribution in [0.5, 0.6) is 0 Å². The van der Waals surface area contributed by atoms with Crippen LogP contribution >= 0.6 is 0 Å². The maximum absolute atomic E-state index is 11.5. The Kier molecular flexibility index (Phi) is 2.82. The van der Waals surface area contributed by atoms with Crippen LogP contribution in [0, 0.1) is 11.3 Å². The Bertz CT molecular complexity index is 341. The number of carbonyl (C=O) groups is 1. The van der Waals surface area contributed by atoms with Gasteiger partial charge in [0.15, 0.2) is 0 Å². The fraction of sp³-hybridized carbons (Fsp3) is 0.769. The number of methoxy groups -OCH3 is 1. The zero-order valence-electron chi connectivity index (χ0n) is 10.2. The number of hydrogen-bond acceptors (Lipinski definition) is 3. The van der Waals surface area contributed by atoms with Crippen molar-refractivity contribution in [2.45, 2.75) is 45.6 Å². The second-order valence-corrected chi connectivity index (χ2v) is 5.66. The molecule has 0 amide bonds. The Morgan fingerprint density at radius 3 is 2.81 bits per heavy atom. The second kappa shape index (κ2) is 3.88. The van der Waals surface area contributed by atoms with Crippen molar-refractivity contribution in [2.24, 2.45) is 11.3 Å². The molecule has 0 saturated heterocycles. The molecule has 0 spiro atoms. The van der Waals surface area contributed by atoms with E-state index in [4.69, 9.17) is 4.74 Å². The Labute approximate surface area is 96.5 Å². The SMILES string of the molecule is COC(=O)[C@H]1CCC2=C(C1)CC(C)(C)C2O. The summed E-state index contributed by atoms with van der Waals surface area (Å²) in [7, 11) is 1.44. The molecule has 0 bridgehead atoms. The number of aliphatic hydroxyl groups excluding tert-OH is 1. The number of ether oxygens (including phenoxy) is 1. The second-order valence-electron chi connectivity index (χ2n) is 5.66. The predicted molar refractivity (Wildman–Crippen MR) is 60.8 cm³/mol. The monoisotopic (exact) mass is 224 g/mol. The van der Waals surface area contributed by atoms with Crippen molar-refractivity contribution in [3.05, 3.63) is 11.1 Å². The van der Waals surface area contributed by atoms with Crippen LogP contribution < -0.4 is 0 Å². The molecule has 0 aliphatic heterocycles. The minimum absolute atomic E-state index is 0.00449. The zero-order valence-corrected chi connectivity index (χ0v) is 10.2. The molecule has 1 N–H and O–H groups in total. The van der Waals surface area contributed by atoms with Gasteiger partial charge < -0.3 is 9.84 Å². The zero-order chi connectivity index (χ0) is 11.9. The van der Waals surface area contributed by atoms with Crippen molar-refractivity contribution in [3.63, 3.8) is 0 Å². The molecule has 2 atom stereocenters. The Morgan fingerprint density at radius 2 is 2.19 bits per heavy atom. The van der Waals surface area contributed by atoms with E-state index >= 15 is 0 Å². The molecule has 0 fully saturated rings. The standard InChI is InChI=1S/C13H20O3/c1-13(2)7-9-6-8(12(15)16-3)4-5-10(9)11(13)14/h8,11,14H,4-7H2,1-3H3/t8-,11?/m0/s1. The smallest absolute Gasteiger partial charge is 0.308 e. The third kappa shape index (κ3) is 1.77. The highest BCUT2D eigenvalue weighted by molar-refractivity contribution is 5.73. The van der Waals surface area contributed by atoms with Gasteiger partial charge in [-0.3, -0.25) is 4.79 Å². The molecule has 2 aliphatic rings. The van der Waals surface area contributed by atoms with Gasteiger partial charge in [0.1, 0.15) is 0 Å². The topological polar surface area (TPSA) is 46.5 Å². The highest BCUT2D eigenvalue weighted by Crippen LogP contribution is 2.48. The fourth-order valence-corrected chi connectivity index (χ4v) is 3.04. The van der Waals surface area contributed by atoms with Crippen molar-refractivity contribution in [3.8, 4) is 0 Å². The normalized spacial score (nSPS) is 32.5. The van der Waals surface area contributed by atoms with Crippen molar-refractivity contribution in [1.29, 1.82) is 0 Å². The van der Waals surface area contributed by atoms with Gasteiger partial charge in [0, 0.05) is 0 Å². The van der Waals surface area contributed by atoms with Crippen LogP contribution in [0.4, 0.5) is 0 Å². The molecular formula is C13H20O3. The average Bonchev–Trinajstić information content (AvgIpc) is 2.48. The summed E-state index contributed by atoms with van der Waals surface area (Å²) in [5.41, 5.74) is 2.42. The van der Waals surface area contributed by atoms with Gasteiger partial charge in [-0.15, -0.1) is 0 Å². The first-order chi connectivity index (χ1) is 7.45. The van der Waals surface area contributed by atoms with Crippen LogP contribution in [0.3, 0.4) is 0 Å². The summed E-state index contributed by atoms with van der Waals surface area (Å²) in [6, 6.07) is 0. The summed E-state index contributed by atoms with van der Waals surface area (Å²) >= 11 is 0. The highest BCUT2D eigenvalue weighted by Gasteiger charge is 2.42. The summed E-state index contributed by atoms with van der Waals surface area (Å²) in [6.45, 7) is 4.17. The summed E-state index contributed by atoms with van der Waals surface area (Å²) in [6.07, 6.45) is 3.04. The molecule has 0 aromatic carbocycles. The highest BCUT2D eigenvalue weighted by atomic mass is 16.5. The molecule has 0 radical (unpaired) electrons. The van der Waals surface area contributed by atoms with Crippen LogP contribution in [0.25, 0.3) is 0 Å². The average molecular weight is 224 g/mol. The summed E-state index contributed by atoms with van der Waals surface area (Å²) in [5.74, 6) is -0.101. The number of esters is 1. The third-order valence-corrected chi connectivity index (χ3v) is 3.98. The number of hydrogen-bond donors (Lipinski definition) is 1. The quantitative estimate of drug-likeness (QED) is 0.547.